The molecule has 182 valence electrons. The maximum Gasteiger partial charge on any atom is 0.161 e. The number of rotatable bonds is 7. The number of H-pyrrole nitrogens is 2. The first-order valence-electron chi connectivity index (χ1n) is 11.6. The first-order chi connectivity index (χ1) is 17.4. The topological polar surface area (TPSA) is 91.3 Å². The van der Waals surface area contributed by atoms with Crippen molar-refractivity contribution in [3.05, 3.63) is 84.5 Å². The Morgan fingerprint density at radius 1 is 1.22 bits per heavy atom. The number of pyridine rings is 1. The number of benzene rings is 1. The molecule has 1 aromatic carbocycles. The van der Waals surface area contributed by atoms with E-state index in [1.807, 2.05) is 74.0 Å². The van der Waals surface area contributed by atoms with E-state index >= 15 is 4.39 Å². The van der Waals surface area contributed by atoms with Crippen molar-refractivity contribution < 1.29 is 4.39 Å². The molecular weight excluding hydrogens is 455 g/mol. The number of aromatic nitrogens is 7. The number of halogens is 1. The number of imidazole rings is 2. The highest BCUT2D eigenvalue weighted by atomic mass is 19.1. The van der Waals surface area contributed by atoms with E-state index in [1.54, 1.807) is 18.6 Å². The summed E-state index contributed by atoms with van der Waals surface area (Å²) in [6.45, 7) is 8.37. The lowest BCUT2D eigenvalue weighted by atomic mass is 10.0. The van der Waals surface area contributed by atoms with Gasteiger partial charge in [0.1, 0.15) is 16.9 Å². The van der Waals surface area contributed by atoms with Gasteiger partial charge in [0, 0.05) is 12.7 Å². The van der Waals surface area contributed by atoms with Gasteiger partial charge in [-0.15, -0.1) is 0 Å². The lowest BCUT2D eigenvalue weighted by Gasteiger charge is -2.12. The quantitative estimate of drug-likeness (QED) is 0.311. The average Bonchev–Trinajstić information content (AvgIpc) is 3.59. The fourth-order valence-electron chi connectivity index (χ4n) is 4.26. The Kier molecular flexibility index (Phi) is 6.07. The van der Waals surface area contributed by atoms with E-state index in [1.165, 1.54) is 0 Å². The van der Waals surface area contributed by atoms with Gasteiger partial charge in [-0.2, -0.15) is 5.10 Å². The highest BCUT2D eigenvalue weighted by molar-refractivity contribution is 5.96. The Hall–Kier alpha value is -4.37. The summed E-state index contributed by atoms with van der Waals surface area (Å²) in [5.41, 5.74) is 6.10. The van der Waals surface area contributed by atoms with E-state index in [0.717, 1.165) is 28.0 Å². The van der Waals surface area contributed by atoms with Gasteiger partial charge in [0.15, 0.2) is 11.6 Å². The Labute approximate surface area is 207 Å². The van der Waals surface area contributed by atoms with Crippen LogP contribution in [0, 0.1) is 12.7 Å². The fourth-order valence-corrected chi connectivity index (χ4v) is 4.26. The van der Waals surface area contributed by atoms with Crippen LogP contribution >= 0.6 is 0 Å². The van der Waals surface area contributed by atoms with Crippen LogP contribution in [0.2, 0.25) is 0 Å². The lowest BCUT2D eigenvalue weighted by Crippen LogP contribution is -2.14. The Morgan fingerprint density at radius 3 is 2.75 bits per heavy atom. The summed E-state index contributed by atoms with van der Waals surface area (Å²) in [6, 6.07) is 5.84. The summed E-state index contributed by atoms with van der Waals surface area (Å²) in [5.74, 6) is 0.00771. The number of hydrogen-bond acceptors (Lipinski definition) is 5. The van der Waals surface area contributed by atoms with Gasteiger partial charge in [0.25, 0.3) is 0 Å². The summed E-state index contributed by atoms with van der Waals surface area (Å²) < 4.78 is 17.9. The molecule has 0 fully saturated rings. The minimum atomic E-state index is -0.459. The molecule has 5 rings (SSSR count). The van der Waals surface area contributed by atoms with Crippen molar-refractivity contribution in [2.24, 2.45) is 0 Å². The third kappa shape index (κ3) is 4.14. The molecule has 2 N–H and O–H groups in total. The van der Waals surface area contributed by atoms with Crippen molar-refractivity contribution in [1.29, 1.82) is 0 Å². The molecule has 0 saturated carbocycles. The number of nitrogens with zero attached hydrogens (tertiary/aromatic N) is 6. The molecule has 0 aliphatic heterocycles. The molecular formula is C27H27FN8. The molecule has 4 aromatic heterocycles. The average molecular weight is 483 g/mol. The number of fused-ring (bicyclic) bond motifs is 2. The molecule has 0 aliphatic carbocycles. The largest absolute Gasteiger partial charge is 0.336 e. The molecule has 0 atom stereocenters. The van der Waals surface area contributed by atoms with Crippen LogP contribution in [0.1, 0.15) is 18.3 Å². The molecule has 0 radical (unpaired) electrons. The predicted octanol–water partition coefficient (Wildman–Crippen LogP) is 5.21. The number of allylic oxidation sites excluding steroid dienone is 3. The number of nitrogens with one attached hydrogen (secondary N) is 2. The molecule has 0 amide bonds. The summed E-state index contributed by atoms with van der Waals surface area (Å²) >= 11 is 0. The summed E-state index contributed by atoms with van der Waals surface area (Å²) in [7, 11) is 3.95. The smallest absolute Gasteiger partial charge is 0.161 e. The van der Waals surface area contributed by atoms with Crippen LogP contribution in [-0.2, 0) is 0 Å². The molecule has 9 heteroatoms. The number of likely N-dealkylation sites (N-methyl/N-ethyl adjacent to an activating group) is 1. The van der Waals surface area contributed by atoms with Crippen molar-refractivity contribution in [3.63, 3.8) is 0 Å². The van der Waals surface area contributed by atoms with Crippen LogP contribution in [0.5, 0.6) is 0 Å². The number of aromatic amines is 2. The summed E-state index contributed by atoms with van der Waals surface area (Å²) in [5, 5.41) is 7.63. The number of hydrogen-bond donors (Lipinski definition) is 2. The SMILES string of the molecule is C=C/C(=C\C(=C/C)c1ncc2[nH]nc(-c3nc4c(-n5cnc(C)c5)cccc4[nH]3)c2c1F)CN(C)C. The van der Waals surface area contributed by atoms with Crippen molar-refractivity contribution in [2.45, 2.75) is 13.8 Å². The second kappa shape index (κ2) is 9.35. The third-order valence-electron chi connectivity index (χ3n) is 5.94. The zero-order valence-electron chi connectivity index (χ0n) is 20.7. The first-order valence-corrected chi connectivity index (χ1v) is 11.6. The zero-order valence-corrected chi connectivity index (χ0v) is 20.7. The van der Waals surface area contributed by atoms with Crippen molar-refractivity contribution in [3.8, 4) is 17.2 Å². The molecule has 0 unspecified atom stereocenters. The number of aryl methyl sites for hydroxylation is 1. The standard InChI is InChI=1S/C27H27FN8/c1-6-17(14-35(4)5)11-18(7-2)24-23(28)22-20(12-29-24)33-34-26(22)27-31-19-9-8-10-21(25(19)32-27)36-13-16(3)30-15-36/h6-13,15H,1,14H2,2-5H3,(H,31,32)(H,33,34)/b17-11+,18-7+. The molecule has 0 spiro atoms. The lowest BCUT2D eigenvalue weighted by molar-refractivity contribution is 0.449. The van der Waals surface area contributed by atoms with Gasteiger partial charge in [0.2, 0.25) is 0 Å². The maximum atomic E-state index is 16.0. The minimum absolute atomic E-state index is 0.247. The Bertz CT molecular complexity index is 1650. The van der Waals surface area contributed by atoms with E-state index in [-0.39, 0.29) is 5.69 Å². The van der Waals surface area contributed by atoms with Gasteiger partial charge in [-0.05, 0) is 57.3 Å². The van der Waals surface area contributed by atoms with Crippen LogP contribution in [0.25, 0.3) is 44.7 Å². The monoisotopic (exact) mass is 482 g/mol. The molecule has 0 bridgehead atoms. The Morgan fingerprint density at radius 2 is 2.06 bits per heavy atom. The van der Waals surface area contributed by atoms with Gasteiger partial charge in [-0.3, -0.25) is 10.1 Å². The van der Waals surface area contributed by atoms with E-state index in [9.17, 15) is 0 Å². The van der Waals surface area contributed by atoms with Crippen LogP contribution in [0.15, 0.2) is 67.3 Å². The molecule has 0 aliphatic rings. The van der Waals surface area contributed by atoms with Crippen LogP contribution in [0.4, 0.5) is 4.39 Å². The number of para-hydroxylation sites is 1. The highest BCUT2D eigenvalue weighted by Crippen LogP contribution is 2.32. The van der Waals surface area contributed by atoms with Crippen LogP contribution in [0.3, 0.4) is 0 Å². The van der Waals surface area contributed by atoms with Gasteiger partial charge < -0.3 is 14.5 Å². The van der Waals surface area contributed by atoms with Crippen molar-refractivity contribution >= 4 is 27.5 Å². The van der Waals surface area contributed by atoms with E-state index in [4.69, 9.17) is 4.98 Å². The second-order valence-electron chi connectivity index (χ2n) is 8.87. The van der Waals surface area contributed by atoms with Crippen LogP contribution < -0.4 is 0 Å². The summed E-state index contributed by atoms with van der Waals surface area (Å²) in [6.07, 6.45) is 10.8. The van der Waals surface area contributed by atoms with Gasteiger partial charge in [-0.25, -0.2) is 14.4 Å². The maximum absolute atomic E-state index is 16.0. The predicted molar refractivity (Wildman–Crippen MR) is 141 cm³/mol. The zero-order chi connectivity index (χ0) is 25.4. The van der Waals surface area contributed by atoms with Gasteiger partial charge in [-0.1, -0.05) is 24.8 Å². The second-order valence-corrected chi connectivity index (χ2v) is 8.87. The molecule has 0 saturated heterocycles. The van der Waals surface area contributed by atoms with Gasteiger partial charge in [0.05, 0.1) is 40.3 Å². The van der Waals surface area contributed by atoms with Crippen molar-refractivity contribution in [2.75, 3.05) is 20.6 Å². The van der Waals surface area contributed by atoms with E-state index < -0.39 is 5.82 Å². The highest BCUT2D eigenvalue weighted by Gasteiger charge is 2.21. The summed E-state index contributed by atoms with van der Waals surface area (Å²) in [4.78, 5) is 18.9. The molecule has 36 heavy (non-hydrogen) atoms. The van der Waals surface area contributed by atoms with Gasteiger partial charge >= 0.3 is 0 Å². The third-order valence-corrected chi connectivity index (χ3v) is 5.94. The molecule has 8 nitrogen and oxygen atoms in total. The van der Waals surface area contributed by atoms with E-state index in [2.05, 4.69) is 31.7 Å². The van der Waals surface area contributed by atoms with Crippen LogP contribution in [-0.4, -0.2) is 60.2 Å². The van der Waals surface area contributed by atoms with Crippen molar-refractivity contribution in [1.82, 2.24) is 39.6 Å². The minimum Gasteiger partial charge on any atom is -0.336 e. The normalized spacial score (nSPS) is 12.8. The molecule has 5 aromatic rings. The fraction of sp³-hybridized carbons (Fsp3) is 0.185. The Balaban J connectivity index is 1.64. The first kappa shape index (κ1) is 23.4. The molecule has 4 heterocycles. The van der Waals surface area contributed by atoms with E-state index in [0.29, 0.717) is 34.5 Å².